The van der Waals surface area contributed by atoms with Gasteiger partial charge in [-0.05, 0) is 44.4 Å². The lowest BCUT2D eigenvalue weighted by atomic mass is 9.78. The molecular formula is C16H31NO. The third-order valence-electron chi connectivity index (χ3n) is 4.71. The minimum Gasteiger partial charge on any atom is -0.370 e. The first-order valence-electron chi connectivity index (χ1n) is 7.92. The Morgan fingerprint density at radius 2 is 1.94 bits per heavy atom. The molecule has 0 heterocycles. The summed E-state index contributed by atoms with van der Waals surface area (Å²) < 4.78 is 6.53. The smallest absolute Gasteiger partial charge is 0.0812 e. The predicted octanol–water partition coefficient (Wildman–Crippen LogP) is 3.75. The minimum atomic E-state index is 0.115. The molecule has 0 bridgehead atoms. The Balaban J connectivity index is 1.95. The van der Waals surface area contributed by atoms with Crippen LogP contribution in [0, 0.1) is 11.8 Å². The molecule has 0 aromatic heterocycles. The second-order valence-corrected chi connectivity index (χ2v) is 7.11. The molecular weight excluding hydrogens is 222 g/mol. The molecule has 0 amide bonds. The molecule has 2 heteroatoms. The molecule has 3 unspecified atom stereocenters. The van der Waals surface area contributed by atoms with Crippen molar-refractivity contribution < 1.29 is 4.74 Å². The van der Waals surface area contributed by atoms with Crippen LogP contribution in [0.2, 0.25) is 0 Å². The van der Waals surface area contributed by atoms with Crippen LogP contribution in [0.1, 0.15) is 66.2 Å². The summed E-state index contributed by atoms with van der Waals surface area (Å²) in [6.45, 7) is 10.2. The Morgan fingerprint density at radius 3 is 2.50 bits per heavy atom. The number of rotatable bonds is 6. The summed E-state index contributed by atoms with van der Waals surface area (Å²) in [5.41, 5.74) is 0.115. The van der Waals surface area contributed by atoms with Crippen molar-refractivity contribution in [1.29, 1.82) is 0 Å². The molecule has 1 N–H and O–H groups in total. The van der Waals surface area contributed by atoms with E-state index in [0.29, 0.717) is 12.0 Å². The zero-order valence-electron chi connectivity index (χ0n) is 12.7. The van der Waals surface area contributed by atoms with Gasteiger partial charge in [-0.2, -0.15) is 0 Å². The van der Waals surface area contributed by atoms with Crippen LogP contribution < -0.4 is 5.32 Å². The Labute approximate surface area is 113 Å². The van der Waals surface area contributed by atoms with E-state index < -0.39 is 0 Å². The SMILES string of the molecule is CC1CCCC(CNC2CC2)(OC(C)C(C)C)C1. The summed E-state index contributed by atoms with van der Waals surface area (Å²) in [4.78, 5) is 0. The zero-order valence-corrected chi connectivity index (χ0v) is 12.7. The average Bonchev–Trinajstić information content (AvgIpc) is 3.10. The van der Waals surface area contributed by atoms with Crippen LogP contribution in [0.4, 0.5) is 0 Å². The molecule has 2 fully saturated rings. The summed E-state index contributed by atoms with van der Waals surface area (Å²) in [5, 5.41) is 3.71. The van der Waals surface area contributed by atoms with E-state index >= 15 is 0 Å². The zero-order chi connectivity index (χ0) is 13.2. The molecule has 2 nitrogen and oxygen atoms in total. The number of hydrogen-bond donors (Lipinski definition) is 1. The highest BCUT2D eigenvalue weighted by Crippen LogP contribution is 2.37. The van der Waals surface area contributed by atoms with Crippen molar-refractivity contribution in [2.45, 2.75) is 84.0 Å². The van der Waals surface area contributed by atoms with Crippen molar-refractivity contribution in [2.75, 3.05) is 6.54 Å². The maximum absolute atomic E-state index is 6.53. The predicted molar refractivity (Wildman–Crippen MR) is 76.8 cm³/mol. The minimum absolute atomic E-state index is 0.115. The van der Waals surface area contributed by atoms with Gasteiger partial charge in [-0.1, -0.05) is 33.6 Å². The van der Waals surface area contributed by atoms with Crippen LogP contribution in [-0.4, -0.2) is 24.3 Å². The molecule has 2 rings (SSSR count). The molecule has 2 aliphatic rings. The highest BCUT2D eigenvalue weighted by molar-refractivity contribution is 4.93. The van der Waals surface area contributed by atoms with Crippen molar-refractivity contribution >= 4 is 0 Å². The topological polar surface area (TPSA) is 21.3 Å². The van der Waals surface area contributed by atoms with E-state index in [0.717, 1.165) is 18.5 Å². The fourth-order valence-corrected chi connectivity index (χ4v) is 3.07. The lowest BCUT2D eigenvalue weighted by molar-refractivity contribution is -0.127. The molecule has 18 heavy (non-hydrogen) atoms. The Morgan fingerprint density at radius 1 is 1.22 bits per heavy atom. The van der Waals surface area contributed by atoms with Crippen molar-refractivity contribution in [3.8, 4) is 0 Å². The third-order valence-corrected chi connectivity index (χ3v) is 4.71. The normalized spacial score (nSPS) is 34.8. The van der Waals surface area contributed by atoms with Gasteiger partial charge < -0.3 is 10.1 Å². The van der Waals surface area contributed by atoms with Crippen LogP contribution in [0.25, 0.3) is 0 Å². The lowest BCUT2D eigenvalue weighted by Gasteiger charge is -2.43. The van der Waals surface area contributed by atoms with Gasteiger partial charge in [0.15, 0.2) is 0 Å². The van der Waals surface area contributed by atoms with Crippen molar-refractivity contribution in [3.05, 3.63) is 0 Å². The largest absolute Gasteiger partial charge is 0.370 e. The second kappa shape index (κ2) is 5.92. The van der Waals surface area contributed by atoms with Gasteiger partial charge in [0.05, 0.1) is 11.7 Å². The van der Waals surface area contributed by atoms with Crippen LogP contribution in [-0.2, 0) is 4.74 Å². The van der Waals surface area contributed by atoms with Crippen LogP contribution in [0.5, 0.6) is 0 Å². The van der Waals surface area contributed by atoms with Crippen molar-refractivity contribution in [1.82, 2.24) is 5.32 Å². The van der Waals surface area contributed by atoms with E-state index in [9.17, 15) is 0 Å². The molecule has 0 aromatic carbocycles. The van der Waals surface area contributed by atoms with Gasteiger partial charge in [0, 0.05) is 12.6 Å². The standard InChI is InChI=1S/C16H31NO/c1-12(2)14(4)18-16(11-17-15-7-8-15)9-5-6-13(3)10-16/h12-15,17H,5-11H2,1-4H3. The maximum Gasteiger partial charge on any atom is 0.0812 e. The lowest BCUT2D eigenvalue weighted by Crippen LogP contribution is -2.49. The molecule has 0 radical (unpaired) electrons. The van der Waals surface area contributed by atoms with E-state index in [1.165, 1.54) is 38.5 Å². The van der Waals surface area contributed by atoms with Crippen molar-refractivity contribution in [3.63, 3.8) is 0 Å². The number of hydrogen-bond acceptors (Lipinski definition) is 2. The fraction of sp³-hybridized carbons (Fsp3) is 1.00. The van der Waals surface area contributed by atoms with Gasteiger partial charge in [-0.25, -0.2) is 0 Å². The summed E-state index contributed by atoms with van der Waals surface area (Å²) in [6, 6.07) is 0.789. The summed E-state index contributed by atoms with van der Waals surface area (Å²) in [7, 11) is 0. The first-order chi connectivity index (χ1) is 8.51. The molecule has 0 aliphatic heterocycles. The first-order valence-corrected chi connectivity index (χ1v) is 7.92. The van der Waals surface area contributed by atoms with Crippen LogP contribution in [0.15, 0.2) is 0 Å². The quantitative estimate of drug-likeness (QED) is 0.778. The van der Waals surface area contributed by atoms with E-state index in [-0.39, 0.29) is 5.60 Å². The van der Waals surface area contributed by atoms with Crippen LogP contribution in [0.3, 0.4) is 0 Å². The molecule has 106 valence electrons. The Hall–Kier alpha value is -0.0800. The van der Waals surface area contributed by atoms with Gasteiger partial charge >= 0.3 is 0 Å². The first kappa shape index (κ1) is 14.3. The molecule has 0 aromatic rings. The Kier molecular flexibility index (Phi) is 4.71. The second-order valence-electron chi connectivity index (χ2n) is 7.11. The molecule has 2 aliphatic carbocycles. The van der Waals surface area contributed by atoms with Gasteiger partial charge in [0.1, 0.15) is 0 Å². The highest BCUT2D eigenvalue weighted by Gasteiger charge is 2.38. The monoisotopic (exact) mass is 253 g/mol. The van der Waals surface area contributed by atoms with Gasteiger partial charge in [-0.15, -0.1) is 0 Å². The molecule has 0 saturated heterocycles. The summed E-state index contributed by atoms with van der Waals surface area (Å²) >= 11 is 0. The Bertz CT molecular complexity index is 262. The van der Waals surface area contributed by atoms with E-state index in [1.54, 1.807) is 0 Å². The fourth-order valence-electron chi connectivity index (χ4n) is 3.07. The maximum atomic E-state index is 6.53. The van der Waals surface area contributed by atoms with E-state index in [1.807, 2.05) is 0 Å². The third kappa shape index (κ3) is 3.96. The number of nitrogens with one attached hydrogen (secondary N) is 1. The van der Waals surface area contributed by atoms with Gasteiger partial charge in [0.25, 0.3) is 0 Å². The average molecular weight is 253 g/mol. The summed E-state index contributed by atoms with van der Waals surface area (Å²) in [5.74, 6) is 1.43. The highest BCUT2D eigenvalue weighted by atomic mass is 16.5. The molecule has 0 spiro atoms. The van der Waals surface area contributed by atoms with Gasteiger partial charge in [0.2, 0.25) is 0 Å². The molecule has 3 atom stereocenters. The number of ether oxygens (including phenoxy) is 1. The van der Waals surface area contributed by atoms with E-state index in [4.69, 9.17) is 4.74 Å². The van der Waals surface area contributed by atoms with E-state index in [2.05, 4.69) is 33.0 Å². The molecule has 2 saturated carbocycles. The summed E-state index contributed by atoms with van der Waals surface area (Å²) in [6.07, 6.45) is 8.30. The van der Waals surface area contributed by atoms with Gasteiger partial charge in [-0.3, -0.25) is 0 Å². The van der Waals surface area contributed by atoms with Crippen molar-refractivity contribution in [2.24, 2.45) is 11.8 Å². The van der Waals surface area contributed by atoms with Crippen LogP contribution >= 0.6 is 0 Å².